The van der Waals surface area contributed by atoms with E-state index in [-0.39, 0.29) is 13.2 Å². The number of fused-ring (bicyclic) bond motifs is 1. The lowest BCUT2D eigenvalue weighted by Crippen LogP contribution is -2.23. The topological polar surface area (TPSA) is 30.5 Å². The second kappa shape index (κ2) is 3.88. The van der Waals surface area contributed by atoms with Crippen LogP contribution in [0.15, 0.2) is 18.2 Å². The summed E-state index contributed by atoms with van der Waals surface area (Å²) in [5.74, 6) is 1.22. The molecule has 1 heterocycles. The van der Waals surface area contributed by atoms with Crippen LogP contribution in [0.4, 0.5) is 0 Å². The van der Waals surface area contributed by atoms with E-state index in [9.17, 15) is 0 Å². The van der Waals surface area contributed by atoms with Crippen LogP contribution >= 0.6 is 0 Å². The molecule has 0 fully saturated rings. The predicted molar refractivity (Wildman–Crippen MR) is 54.8 cm³/mol. The molecule has 1 atom stereocenters. The van der Waals surface area contributed by atoms with E-state index in [4.69, 9.17) is 16.4 Å². The van der Waals surface area contributed by atoms with Gasteiger partial charge in [0.2, 0.25) is 6.79 Å². The van der Waals surface area contributed by atoms with Gasteiger partial charge in [0, 0.05) is 11.5 Å². The first kappa shape index (κ1) is 5.03. The van der Waals surface area contributed by atoms with Gasteiger partial charge in [-0.1, -0.05) is 6.07 Å². The highest BCUT2D eigenvalue weighted by atomic mass is 16.7. The van der Waals surface area contributed by atoms with Crippen molar-refractivity contribution in [3.63, 3.8) is 0 Å². The highest BCUT2D eigenvalue weighted by Gasteiger charge is 2.13. The Morgan fingerprint density at radius 2 is 2.50 bits per heavy atom. The molecular weight excluding hydrogens is 178 g/mol. The zero-order valence-electron chi connectivity index (χ0n) is 12.9. The van der Waals surface area contributed by atoms with Gasteiger partial charge in [-0.3, -0.25) is 0 Å². The molecule has 0 aliphatic carbocycles. The molecule has 76 valence electrons. The summed E-state index contributed by atoms with van der Waals surface area (Å²) in [4.78, 5) is 0. The number of rotatable bonds is 3. The molecule has 1 N–H and O–H groups in total. The van der Waals surface area contributed by atoms with Crippen molar-refractivity contribution in [3.05, 3.63) is 23.8 Å². The van der Waals surface area contributed by atoms with Crippen molar-refractivity contribution >= 4 is 0 Å². The minimum Gasteiger partial charge on any atom is -0.454 e. The molecule has 0 amide bonds. The Kier molecular flexibility index (Phi) is 1.39. The molecule has 0 saturated carbocycles. The van der Waals surface area contributed by atoms with Crippen LogP contribution in [0.25, 0.3) is 0 Å². The summed E-state index contributed by atoms with van der Waals surface area (Å²) in [6.45, 7) is -1.05. The first-order valence-electron chi connectivity index (χ1n) is 6.83. The van der Waals surface area contributed by atoms with Crippen molar-refractivity contribution in [1.29, 1.82) is 0 Å². The van der Waals surface area contributed by atoms with Gasteiger partial charge in [0.15, 0.2) is 11.5 Å². The average Bonchev–Trinajstić information content (AvgIpc) is 2.73. The van der Waals surface area contributed by atoms with Gasteiger partial charge in [-0.2, -0.15) is 0 Å². The molecule has 1 aromatic rings. The van der Waals surface area contributed by atoms with Crippen LogP contribution in [-0.4, -0.2) is 19.8 Å². The second-order valence-corrected chi connectivity index (χ2v) is 3.21. The van der Waals surface area contributed by atoms with Gasteiger partial charge in [0.25, 0.3) is 0 Å². The summed E-state index contributed by atoms with van der Waals surface area (Å²) in [7, 11) is 0. The fourth-order valence-electron chi connectivity index (χ4n) is 1.39. The summed E-state index contributed by atoms with van der Waals surface area (Å²) >= 11 is 0. The third-order valence-electron chi connectivity index (χ3n) is 2.09. The molecule has 3 nitrogen and oxygen atoms in total. The summed E-state index contributed by atoms with van der Waals surface area (Å²) in [6.07, 6.45) is 0.103. The number of benzene rings is 1. The minimum absolute atomic E-state index is 0.103. The van der Waals surface area contributed by atoms with Gasteiger partial charge in [0.1, 0.15) is 1.41 Å². The van der Waals surface area contributed by atoms with Crippen LogP contribution in [-0.2, 0) is 6.42 Å². The molecule has 1 aliphatic rings. The van der Waals surface area contributed by atoms with E-state index in [0.29, 0.717) is 16.8 Å². The minimum atomic E-state index is -2.62. The smallest absolute Gasteiger partial charge is 0.231 e. The van der Waals surface area contributed by atoms with Crippen molar-refractivity contribution in [1.82, 2.24) is 5.31 Å². The molecule has 1 unspecified atom stereocenters. The molecule has 0 saturated heterocycles. The Balaban J connectivity index is 2.16. The maximum absolute atomic E-state index is 8.03. The maximum atomic E-state index is 8.03. The Bertz CT molecular complexity index is 475. The number of hydrogen-bond acceptors (Lipinski definition) is 3. The third kappa shape index (κ3) is 1.82. The lowest BCUT2D eigenvalue weighted by atomic mass is 10.1. The predicted octanol–water partition coefficient (Wildman–Crippen LogP) is 1.57. The Morgan fingerprint density at radius 3 is 3.36 bits per heavy atom. The van der Waals surface area contributed by atoms with Gasteiger partial charge in [-0.15, -0.1) is 0 Å². The Labute approximate surface area is 91.1 Å². The highest BCUT2D eigenvalue weighted by molar-refractivity contribution is 5.44. The van der Waals surface area contributed by atoms with E-state index in [2.05, 4.69) is 0 Å². The molecule has 1 aliphatic heterocycles. The standard InChI is InChI=1S/C11H15NO2/c1-8(12-2)5-9-3-4-10-11(6-9)14-7-13-10/h3-4,6,8,12H,5,7H2,1-2H3/i2D3,8D/hD. The van der Waals surface area contributed by atoms with Crippen molar-refractivity contribution in [3.8, 4) is 11.5 Å². The van der Waals surface area contributed by atoms with Crippen LogP contribution < -0.4 is 14.8 Å². The Hall–Kier alpha value is -1.22. The number of nitrogens with one attached hydrogen (secondary N) is 1. The largest absolute Gasteiger partial charge is 0.454 e. The average molecular weight is 198 g/mol. The molecule has 0 bridgehead atoms. The fourth-order valence-corrected chi connectivity index (χ4v) is 1.39. The van der Waals surface area contributed by atoms with E-state index >= 15 is 0 Å². The van der Waals surface area contributed by atoms with Crippen molar-refractivity contribution in [2.24, 2.45) is 0 Å². The number of likely N-dealkylation sites (N-methyl/N-ethyl adjacent to an activating group) is 1. The van der Waals surface area contributed by atoms with Crippen molar-refractivity contribution in [2.45, 2.75) is 19.4 Å². The Morgan fingerprint density at radius 1 is 1.64 bits per heavy atom. The van der Waals surface area contributed by atoms with E-state index in [1.54, 1.807) is 18.2 Å². The first-order valence-corrected chi connectivity index (χ1v) is 4.38. The van der Waals surface area contributed by atoms with Crippen LogP contribution in [0.2, 0.25) is 1.41 Å². The first-order chi connectivity index (χ1) is 8.70. The van der Waals surface area contributed by atoms with Gasteiger partial charge >= 0.3 is 0 Å². The van der Waals surface area contributed by atoms with Crippen LogP contribution in [0.5, 0.6) is 11.5 Å². The monoisotopic (exact) mass is 198 g/mol. The van der Waals surface area contributed by atoms with Crippen LogP contribution in [0.3, 0.4) is 0 Å². The normalized spacial score (nSPS) is 24.3. The molecular formula is C11H15NO2. The molecule has 3 heteroatoms. The van der Waals surface area contributed by atoms with Gasteiger partial charge in [-0.25, -0.2) is 0 Å². The number of ether oxygens (including phenoxy) is 2. The van der Waals surface area contributed by atoms with E-state index in [1.165, 1.54) is 6.92 Å². The summed E-state index contributed by atoms with van der Waals surface area (Å²) < 4.78 is 47.6. The lowest BCUT2D eigenvalue weighted by molar-refractivity contribution is 0.174. The third-order valence-corrected chi connectivity index (χ3v) is 2.09. The van der Waals surface area contributed by atoms with Gasteiger partial charge in [0.05, 0.1) is 0 Å². The highest BCUT2D eigenvalue weighted by Crippen LogP contribution is 2.32. The second-order valence-electron chi connectivity index (χ2n) is 3.21. The maximum Gasteiger partial charge on any atom is 0.231 e. The summed E-state index contributed by atoms with van der Waals surface area (Å²) in [5.41, 5.74) is 0.725. The zero-order valence-corrected chi connectivity index (χ0v) is 7.91. The lowest BCUT2D eigenvalue weighted by Gasteiger charge is -2.09. The van der Waals surface area contributed by atoms with E-state index in [1.807, 2.05) is 0 Å². The molecule has 0 radical (unpaired) electrons. The van der Waals surface area contributed by atoms with Crippen LogP contribution in [0, 0.1) is 0 Å². The van der Waals surface area contributed by atoms with Gasteiger partial charge in [-0.05, 0) is 38.0 Å². The SMILES string of the molecule is [2H]N(C([2H])([2H])[2H])C([2H])(C)Cc1ccc2c(c1)OCO2. The van der Waals surface area contributed by atoms with E-state index in [0.717, 1.165) is 5.56 Å². The van der Waals surface area contributed by atoms with Gasteiger partial charge < -0.3 is 14.8 Å². The molecule has 1 aromatic carbocycles. The summed E-state index contributed by atoms with van der Waals surface area (Å²) in [6, 6.07) is 3.62. The van der Waals surface area contributed by atoms with Crippen LogP contribution in [0.1, 0.15) is 18.0 Å². The molecule has 0 aromatic heterocycles. The number of hydrogen-bond donors (Lipinski definition) is 1. The summed E-state index contributed by atoms with van der Waals surface area (Å²) in [5, 5.41) is 0.338. The zero-order chi connectivity index (χ0) is 14.3. The van der Waals surface area contributed by atoms with Crippen molar-refractivity contribution < 1.29 is 16.4 Å². The molecule has 2 rings (SSSR count). The van der Waals surface area contributed by atoms with E-state index < -0.39 is 13.0 Å². The molecule has 14 heavy (non-hydrogen) atoms. The quantitative estimate of drug-likeness (QED) is 0.799. The molecule has 0 spiro atoms. The van der Waals surface area contributed by atoms with Crippen molar-refractivity contribution in [2.75, 3.05) is 13.8 Å². The fraction of sp³-hybridized carbons (Fsp3) is 0.455.